The summed E-state index contributed by atoms with van der Waals surface area (Å²) in [6.07, 6.45) is 1.54. The molecule has 1 amide bonds. The molecule has 0 unspecified atom stereocenters. The minimum atomic E-state index is -0.283. The number of benzene rings is 4. The van der Waals surface area contributed by atoms with Gasteiger partial charge in [-0.3, -0.25) is 9.59 Å². The number of ether oxygens (including phenoxy) is 1. The molecule has 0 saturated carbocycles. The van der Waals surface area contributed by atoms with Crippen LogP contribution in [0, 0.1) is 0 Å². The first-order chi connectivity index (χ1) is 17.7. The monoisotopic (exact) mass is 474 g/mol. The number of para-hydroxylation sites is 3. The molecule has 0 spiro atoms. The number of carbonyl (C=O) groups is 1. The van der Waals surface area contributed by atoms with Crippen LogP contribution in [0.4, 0.5) is 5.69 Å². The van der Waals surface area contributed by atoms with E-state index in [1.165, 1.54) is 10.9 Å². The molecular formula is C29H22N4O3. The minimum absolute atomic E-state index is 0.174. The lowest BCUT2D eigenvalue weighted by atomic mass is 10.2. The molecule has 5 rings (SSSR count). The van der Waals surface area contributed by atoms with Crippen molar-refractivity contribution in [2.75, 3.05) is 11.9 Å². The van der Waals surface area contributed by atoms with Gasteiger partial charge in [-0.15, -0.1) is 0 Å². The summed E-state index contributed by atoms with van der Waals surface area (Å²) in [5.41, 5.74) is 2.39. The summed E-state index contributed by atoms with van der Waals surface area (Å²) in [4.78, 5) is 30.4. The van der Waals surface area contributed by atoms with Crippen LogP contribution in [0.3, 0.4) is 0 Å². The van der Waals surface area contributed by atoms with Crippen molar-refractivity contribution < 1.29 is 9.53 Å². The van der Waals surface area contributed by atoms with Crippen molar-refractivity contribution >= 4 is 28.7 Å². The maximum absolute atomic E-state index is 13.3. The van der Waals surface area contributed by atoms with Gasteiger partial charge in [0.05, 0.1) is 17.1 Å². The fraction of sp³-hybridized carbons (Fsp3) is 0.0345. The van der Waals surface area contributed by atoms with Gasteiger partial charge in [0, 0.05) is 16.8 Å². The van der Waals surface area contributed by atoms with E-state index >= 15 is 0 Å². The van der Waals surface area contributed by atoms with Crippen molar-refractivity contribution in [3.63, 3.8) is 0 Å². The van der Waals surface area contributed by atoms with Crippen LogP contribution in [0.15, 0.2) is 119 Å². The number of hydrogen-bond donors (Lipinski definition) is 1. The van der Waals surface area contributed by atoms with Gasteiger partial charge < -0.3 is 10.1 Å². The molecule has 0 aliphatic heterocycles. The maximum Gasteiger partial charge on any atom is 0.282 e. The summed E-state index contributed by atoms with van der Waals surface area (Å²) in [6.45, 7) is -0.174. The van der Waals surface area contributed by atoms with Crippen LogP contribution < -0.4 is 15.6 Å². The summed E-state index contributed by atoms with van der Waals surface area (Å²) in [7, 11) is 0. The molecule has 5 aromatic rings. The molecule has 1 aromatic heterocycles. The van der Waals surface area contributed by atoms with Gasteiger partial charge in [0.15, 0.2) is 12.4 Å². The minimum Gasteiger partial charge on any atom is -0.483 e. The summed E-state index contributed by atoms with van der Waals surface area (Å²) in [6, 6.07) is 33.0. The normalized spacial score (nSPS) is 11.0. The van der Waals surface area contributed by atoms with E-state index < -0.39 is 0 Å². The second-order valence-electron chi connectivity index (χ2n) is 7.92. The van der Waals surface area contributed by atoms with E-state index in [0.717, 1.165) is 5.56 Å². The Hall–Kier alpha value is -5.04. The van der Waals surface area contributed by atoms with Gasteiger partial charge in [0.2, 0.25) is 0 Å². The van der Waals surface area contributed by atoms with Gasteiger partial charge >= 0.3 is 0 Å². The van der Waals surface area contributed by atoms with Crippen LogP contribution in [0.2, 0.25) is 0 Å². The predicted octanol–water partition coefficient (Wildman–Crippen LogP) is 4.96. The van der Waals surface area contributed by atoms with Crippen LogP contribution in [0.25, 0.3) is 22.3 Å². The smallest absolute Gasteiger partial charge is 0.282 e. The van der Waals surface area contributed by atoms with Crippen molar-refractivity contribution in [3.8, 4) is 17.1 Å². The van der Waals surface area contributed by atoms with E-state index in [9.17, 15) is 9.59 Å². The molecule has 7 heteroatoms. The molecule has 0 radical (unpaired) electrons. The van der Waals surface area contributed by atoms with Crippen LogP contribution in [0.5, 0.6) is 5.75 Å². The number of nitrogens with one attached hydrogen (secondary N) is 1. The number of nitrogens with zero attached hydrogens (tertiary/aromatic N) is 3. The topological polar surface area (TPSA) is 85.6 Å². The zero-order valence-corrected chi connectivity index (χ0v) is 19.2. The maximum atomic E-state index is 13.3. The van der Waals surface area contributed by atoms with Crippen molar-refractivity contribution in [2.45, 2.75) is 0 Å². The Morgan fingerprint density at radius 1 is 0.861 bits per heavy atom. The lowest BCUT2D eigenvalue weighted by Crippen LogP contribution is -2.21. The highest BCUT2D eigenvalue weighted by atomic mass is 16.5. The predicted molar refractivity (Wildman–Crippen MR) is 141 cm³/mol. The highest BCUT2D eigenvalue weighted by molar-refractivity contribution is 5.92. The number of aromatic nitrogens is 2. The van der Waals surface area contributed by atoms with E-state index in [4.69, 9.17) is 9.72 Å². The van der Waals surface area contributed by atoms with Crippen molar-refractivity contribution in [1.29, 1.82) is 0 Å². The summed E-state index contributed by atoms with van der Waals surface area (Å²) in [5.74, 6) is 0.609. The molecular weight excluding hydrogens is 452 g/mol. The van der Waals surface area contributed by atoms with Gasteiger partial charge in [-0.05, 0) is 36.4 Å². The van der Waals surface area contributed by atoms with E-state index in [-0.39, 0.29) is 18.1 Å². The number of hydrogen-bond acceptors (Lipinski definition) is 5. The Morgan fingerprint density at radius 2 is 1.53 bits per heavy atom. The molecule has 0 aliphatic rings. The van der Waals surface area contributed by atoms with Crippen LogP contribution in [0.1, 0.15) is 5.56 Å². The molecule has 0 fully saturated rings. The van der Waals surface area contributed by atoms with Gasteiger partial charge in [-0.1, -0.05) is 72.8 Å². The number of fused-ring (bicyclic) bond motifs is 1. The summed E-state index contributed by atoms with van der Waals surface area (Å²) >= 11 is 0. The van der Waals surface area contributed by atoms with E-state index in [1.54, 1.807) is 48.5 Å². The van der Waals surface area contributed by atoms with Crippen LogP contribution >= 0.6 is 0 Å². The number of carbonyl (C=O) groups excluding carboxylic acids is 1. The van der Waals surface area contributed by atoms with Crippen molar-refractivity contribution in [3.05, 3.63) is 125 Å². The summed E-state index contributed by atoms with van der Waals surface area (Å²) < 4.78 is 7.06. The van der Waals surface area contributed by atoms with E-state index in [0.29, 0.717) is 33.7 Å². The molecule has 1 N–H and O–H groups in total. The molecule has 176 valence electrons. The van der Waals surface area contributed by atoms with Gasteiger partial charge in [-0.25, -0.2) is 4.98 Å². The van der Waals surface area contributed by atoms with Gasteiger partial charge in [0.25, 0.3) is 11.5 Å². The number of amides is 1. The molecule has 4 aromatic carbocycles. The van der Waals surface area contributed by atoms with E-state index in [1.807, 2.05) is 60.7 Å². The Labute approximate surface area is 207 Å². The average Bonchev–Trinajstić information content (AvgIpc) is 2.93. The van der Waals surface area contributed by atoms with Gasteiger partial charge in [-0.2, -0.15) is 9.78 Å². The van der Waals surface area contributed by atoms with Crippen molar-refractivity contribution in [2.24, 2.45) is 5.10 Å². The zero-order valence-electron chi connectivity index (χ0n) is 19.2. The highest BCUT2D eigenvalue weighted by Gasteiger charge is 2.12. The highest BCUT2D eigenvalue weighted by Crippen LogP contribution is 2.20. The average molecular weight is 475 g/mol. The third-order valence-electron chi connectivity index (χ3n) is 5.43. The molecule has 1 heterocycles. The first kappa shape index (κ1) is 22.7. The van der Waals surface area contributed by atoms with Crippen LogP contribution in [-0.2, 0) is 4.79 Å². The fourth-order valence-corrected chi connectivity index (χ4v) is 3.71. The molecule has 0 atom stereocenters. The summed E-state index contributed by atoms with van der Waals surface area (Å²) in [5, 5.41) is 7.75. The van der Waals surface area contributed by atoms with E-state index in [2.05, 4.69) is 10.4 Å². The van der Waals surface area contributed by atoms with Gasteiger partial charge in [0.1, 0.15) is 5.75 Å². The molecule has 0 bridgehead atoms. The molecule has 0 aliphatic carbocycles. The quantitative estimate of drug-likeness (QED) is 0.338. The largest absolute Gasteiger partial charge is 0.483 e. The lowest BCUT2D eigenvalue weighted by Gasteiger charge is -2.11. The zero-order chi connectivity index (χ0) is 24.7. The fourth-order valence-electron chi connectivity index (χ4n) is 3.71. The second kappa shape index (κ2) is 10.5. The van der Waals surface area contributed by atoms with Crippen LogP contribution in [-0.4, -0.2) is 28.4 Å². The molecule has 7 nitrogen and oxygen atoms in total. The molecule has 0 saturated heterocycles. The third kappa shape index (κ3) is 5.05. The number of rotatable bonds is 7. The first-order valence-corrected chi connectivity index (χ1v) is 11.4. The Morgan fingerprint density at radius 3 is 2.33 bits per heavy atom. The Balaban J connectivity index is 1.45. The molecule has 36 heavy (non-hydrogen) atoms. The first-order valence-electron chi connectivity index (χ1n) is 11.4. The van der Waals surface area contributed by atoms with Crippen molar-refractivity contribution in [1.82, 2.24) is 9.66 Å². The Bertz CT molecular complexity index is 1600. The second-order valence-corrected chi connectivity index (χ2v) is 7.92. The Kier molecular flexibility index (Phi) is 6.62. The number of anilines is 1. The SMILES string of the molecule is O=C(COc1ccccc1C=Nn1c(-c2ccccc2)nc2ccccc2c1=O)Nc1ccccc1. The third-order valence-corrected chi connectivity index (χ3v) is 5.43. The standard InChI is InChI=1S/C29H22N4O3/c34-27(31-23-14-5-2-6-15-23)20-36-26-18-10-7-13-22(26)19-30-33-28(21-11-3-1-4-12-21)32-25-17-9-8-16-24(25)29(33)35/h1-19H,20H2,(H,31,34). The lowest BCUT2D eigenvalue weighted by molar-refractivity contribution is -0.118.